The predicted octanol–water partition coefficient (Wildman–Crippen LogP) is 2.89. The van der Waals surface area contributed by atoms with Crippen LogP contribution >= 0.6 is 0 Å². The van der Waals surface area contributed by atoms with Crippen LogP contribution in [0.25, 0.3) is 0 Å². The lowest BCUT2D eigenvalue weighted by molar-refractivity contribution is -0.114. The monoisotopic (exact) mass is 230 g/mol. The number of hydrogen-bond donors (Lipinski definition) is 0. The lowest BCUT2D eigenvalue weighted by Crippen LogP contribution is -2.46. The number of carbonyl (C=O) groups excluding carboxylic acids is 1. The van der Waals surface area contributed by atoms with Crippen LogP contribution in [0.5, 0.6) is 0 Å². The van der Waals surface area contributed by atoms with Crippen LogP contribution in [0.2, 0.25) is 18.6 Å². The van der Waals surface area contributed by atoms with Crippen molar-refractivity contribution in [2.45, 2.75) is 31.5 Å². The van der Waals surface area contributed by atoms with Crippen molar-refractivity contribution in [1.29, 1.82) is 0 Å². The largest absolute Gasteiger partial charge is 0.295 e. The van der Waals surface area contributed by atoms with E-state index >= 15 is 0 Å². The van der Waals surface area contributed by atoms with Gasteiger partial charge in [-0.1, -0.05) is 54.7 Å². The van der Waals surface area contributed by atoms with Crippen LogP contribution in [0.1, 0.15) is 12.8 Å². The van der Waals surface area contributed by atoms with Gasteiger partial charge in [-0.3, -0.25) is 4.79 Å². The molecule has 0 saturated carbocycles. The highest BCUT2D eigenvalue weighted by molar-refractivity contribution is 6.91. The molecule has 84 valence electrons. The first kappa shape index (κ1) is 11.3. The molecule has 0 unspecified atom stereocenters. The molecule has 1 aromatic rings. The van der Waals surface area contributed by atoms with Crippen molar-refractivity contribution in [2.75, 3.05) is 0 Å². The van der Waals surface area contributed by atoms with Gasteiger partial charge in [-0.2, -0.15) is 0 Å². The molecular formula is C14H18OSi. The van der Waals surface area contributed by atoms with E-state index in [0.29, 0.717) is 11.3 Å². The van der Waals surface area contributed by atoms with Gasteiger partial charge in [0.05, 0.1) is 8.07 Å². The van der Waals surface area contributed by atoms with Crippen molar-refractivity contribution in [3.05, 3.63) is 42.5 Å². The lowest BCUT2D eigenvalue weighted by Gasteiger charge is -2.33. The second kappa shape index (κ2) is 4.38. The van der Waals surface area contributed by atoms with Crippen molar-refractivity contribution in [2.24, 2.45) is 0 Å². The highest BCUT2D eigenvalue weighted by atomic mass is 28.3. The maximum Gasteiger partial charge on any atom is 0.155 e. The quantitative estimate of drug-likeness (QED) is 0.714. The molecule has 2 heteroatoms. The Kier molecular flexibility index (Phi) is 3.10. The Hall–Kier alpha value is -1.15. The maximum absolute atomic E-state index is 11.5. The van der Waals surface area contributed by atoms with E-state index in [0.717, 1.165) is 12.8 Å². The molecule has 1 atom stereocenters. The highest BCUT2D eigenvalue weighted by Crippen LogP contribution is 2.32. The van der Waals surface area contributed by atoms with Gasteiger partial charge in [0.2, 0.25) is 0 Å². The number of hydrogen-bond acceptors (Lipinski definition) is 1. The number of rotatable bonds is 2. The molecule has 0 saturated heterocycles. The van der Waals surface area contributed by atoms with Gasteiger partial charge in [0.25, 0.3) is 0 Å². The summed E-state index contributed by atoms with van der Waals surface area (Å²) < 4.78 is 0. The number of ketones is 1. The summed E-state index contributed by atoms with van der Waals surface area (Å²) in [5.41, 5.74) is 0.562. The fraction of sp³-hybridized carbons (Fsp3) is 0.357. The third kappa shape index (κ3) is 2.17. The Morgan fingerprint density at radius 2 is 1.88 bits per heavy atom. The highest BCUT2D eigenvalue weighted by Gasteiger charge is 2.34. The zero-order chi connectivity index (χ0) is 11.6. The van der Waals surface area contributed by atoms with E-state index in [2.05, 4.69) is 43.4 Å². The molecule has 0 spiro atoms. The molecule has 0 amide bonds. The van der Waals surface area contributed by atoms with Crippen molar-refractivity contribution >= 4 is 19.0 Å². The van der Waals surface area contributed by atoms with Gasteiger partial charge in [-0.25, -0.2) is 0 Å². The summed E-state index contributed by atoms with van der Waals surface area (Å²) in [6.07, 6.45) is 5.60. The van der Waals surface area contributed by atoms with E-state index in [1.165, 1.54) is 5.19 Å². The second-order valence-corrected chi connectivity index (χ2v) is 9.93. The summed E-state index contributed by atoms with van der Waals surface area (Å²) >= 11 is 0. The van der Waals surface area contributed by atoms with E-state index in [1.807, 2.05) is 6.08 Å². The normalized spacial score (nSPS) is 21.1. The molecule has 2 rings (SSSR count). The first-order valence-electron chi connectivity index (χ1n) is 5.85. The van der Waals surface area contributed by atoms with Crippen LogP contribution in [-0.4, -0.2) is 13.9 Å². The number of allylic oxidation sites excluding steroid dienone is 2. The number of benzene rings is 1. The Labute approximate surface area is 98.2 Å². The van der Waals surface area contributed by atoms with Gasteiger partial charge in [0.15, 0.2) is 5.78 Å². The first-order valence-corrected chi connectivity index (χ1v) is 8.93. The molecule has 1 aliphatic carbocycles. The van der Waals surface area contributed by atoms with E-state index in [4.69, 9.17) is 0 Å². The Balaban J connectivity index is 2.25. The third-order valence-electron chi connectivity index (χ3n) is 3.71. The second-order valence-electron chi connectivity index (χ2n) is 5.09. The van der Waals surface area contributed by atoms with Crippen LogP contribution in [0.4, 0.5) is 0 Å². The summed E-state index contributed by atoms with van der Waals surface area (Å²) in [7, 11) is -1.49. The van der Waals surface area contributed by atoms with Crippen molar-refractivity contribution < 1.29 is 4.79 Å². The molecule has 1 nitrogen and oxygen atoms in total. The van der Waals surface area contributed by atoms with Crippen molar-refractivity contribution in [3.8, 4) is 0 Å². The molecule has 0 fully saturated rings. The molecule has 0 bridgehead atoms. The van der Waals surface area contributed by atoms with E-state index in [-0.39, 0.29) is 0 Å². The Bertz CT molecular complexity index is 406. The smallest absolute Gasteiger partial charge is 0.155 e. The van der Waals surface area contributed by atoms with Crippen LogP contribution in [0.15, 0.2) is 42.5 Å². The van der Waals surface area contributed by atoms with Crippen LogP contribution < -0.4 is 5.19 Å². The first-order chi connectivity index (χ1) is 7.60. The maximum atomic E-state index is 11.5. The minimum atomic E-state index is -1.49. The molecule has 16 heavy (non-hydrogen) atoms. The predicted molar refractivity (Wildman–Crippen MR) is 70.7 cm³/mol. The molecule has 1 aliphatic rings. The average Bonchev–Trinajstić information content (AvgIpc) is 2.30. The Morgan fingerprint density at radius 3 is 2.50 bits per heavy atom. The molecule has 0 N–H and O–H groups in total. The summed E-state index contributed by atoms with van der Waals surface area (Å²) in [4.78, 5) is 11.5. The van der Waals surface area contributed by atoms with Crippen LogP contribution in [0, 0.1) is 0 Å². The fourth-order valence-corrected chi connectivity index (χ4v) is 5.37. The average molecular weight is 230 g/mol. The van der Waals surface area contributed by atoms with Gasteiger partial charge in [-0.15, -0.1) is 0 Å². The standard InChI is InChI=1S/C14H18OSi/c1-16(2,13-8-4-3-5-9-13)14-10-6-7-12(15)11-14/h3-9,14H,10-11H2,1-2H3/t14-/m0/s1. The summed E-state index contributed by atoms with van der Waals surface area (Å²) in [5.74, 6) is 0.299. The zero-order valence-electron chi connectivity index (χ0n) is 9.94. The summed E-state index contributed by atoms with van der Waals surface area (Å²) in [5, 5.41) is 1.46. The molecule has 0 radical (unpaired) electrons. The van der Waals surface area contributed by atoms with Gasteiger partial charge < -0.3 is 0 Å². The van der Waals surface area contributed by atoms with Crippen LogP contribution in [-0.2, 0) is 4.79 Å². The van der Waals surface area contributed by atoms with Gasteiger partial charge in [0.1, 0.15) is 0 Å². The van der Waals surface area contributed by atoms with Gasteiger partial charge in [-0.05, 0) is 18.0 Å². The lowest BCUT2D eigenvalue weighted by atomic mass is 10.1. The van der Waals surface area contributed by atoms with Gasteiger partial charge in [0, 0.05) is 6.42 Å². The van der Waals surface area contributed by atoms with Crippen LogP contribution in [0.3, 0.4) is 0 Å². The molecular weight excluding hydrogens is 212 g/mol. The Morgan fingerprint density at radius 1 is 1.19 bits per heavy atom. The SMILES string of the molecule is C[Si](C)(c1ccccc1)[C@H]1CC=CC(=O)C1. The molecule has 0 aromatic heterocycles. The summed E-state index contributed by atoms with van der Waals surface area (Å²) in [6, 6.07) is 10.7. The minimum absolute atomic E-state index is 0.299. The fourth-order valence-electron chi connectivity index (χ4n) is 2.41. The van der Waals surface area contributed by atoms with E-state index in [1.54, 1.807) is 6.08 Å². The minimum Gasteiger partial charge on any atom is -0.295 e. The number of carbonyl (C=O) groups is 1. The topological polar surface area (TPSA) is 17.1 Å². The molecule has 0 heterocycles. The molecule has 1 aromatic carbocycles. The van der Waals surface area contributed by atoms with Crippen molar-refractivity contribution in [3.63, 3.8) is 0 Å². The molecule has 0 aliphatic heterocycles. The van der Waals surface area contributed by atoms with E-state index < -0.39 is 8.07 Å². The zero-order valence-corrected chi connectivity index (χ0v) is 10.9. The van der Waals surface area contributed by atoms with Gasteiger partial charge >= 0.3 is 0 Å². The third-order valence-corrected chi connectivity index (χ3v) is 8.01. The summed E-state index contributed by atoms with van der Waals surface area (Å²) in [6.45, 7) is 4.75. The van der Waals surface area contributed by atoms with Crippen molar-refractivity contribution in [1.82, 2.24) is 0 Å². The van der Waals surface area contributed by atoms with E-state index in [9.17, 15) is 4.79 Å².